The van der Waals surface area contributed by atoms with Gasteiger partial charge in [-0.2, -0.15) is 0 Å². The zero-order chi connectivity index (χ0) is 27.6. The van der Waals surface area contributed by atoms with Gasteiger partial charge in [0.25, 0.3) is 0 Å². The molecule has 4 rings (SSSR count). The van der Waals surface area contributed by atoms with Crippen LogP contribution in [0.4, 0.5) is 0 Å². The number of nitrogens with zero attached hydrogens (tertiary/aromatic N) is 2. The quantitative estimate of drug-likeness (QED) is 0.273. The summed E-state index contributed by atoms with van der Waals surface area (Å²) in [7, 11) is -2.23. The van der Waals surface area contributed by atoms with Crippen LogP contribution in [0.3, 0.4) is 0 Å². The third kappa shape index (κ3) is 6.46. The fraction of sp³-hybridized carbons (Fsp3) is 0.394. The van der Waals surface area contributed by atoms with Crippen LogP contribution in [-0.4, -0.2) is 30.2 Å². The molecule has 0 bridgehead atoms. The van der Waals surface area contributed by atoms with Gasteiger partial charge in [0.15, 0.2) is 0 Å². The maximum Gasteiger partial charge on any atom is 0.223 e. The van der Waals surface area contributed by atoms with Gasteiger partial charge in [-0.15, -0.1) is 0 Å². The maximum atomic E-state index is 7.02. The molecule has 3 aromatic rings. The number of hydrogen-bond acceptors (Lipinski definition) is 4. The topological polar surface area (TPSA) is 24.9 Å². The Morgan fingerprint density at radius 1 is 0.947 bits per heavy atom. The summed E-state index contributed by atoms with van der Waals surface area (Å²) in [5, 5.41) is 1.88. The lowest BCUT2D eigenvalue weighted by Gasteiger charge is -2.54. The standard InChI is InChI=1S/C33H44N2O2Si/c1-26(28-20-14-10-15-21-28)34(25-27-18-12-9-13-19-27)31-30(29-22-16-11-17-23-29)24-33(5,6)36-35(31)37-38(7,8)32(2,3)4/h9-23,30-31H,1,24-25H2,2-8H3/t30-,31+/m0/s1. The van der Waals surface area contributed by atoms with Crippen LogP contribution in [-0.2, 0) is 15.9 Å². The Balaban J connectivity index is 1.87. The first-order valence-electron chi connectivity index (χ1n) is 13.7. The first-order chi connectivity index (χ1) is 17.9. The Bertz CT molecular complexity index is 1190. The van der Waals surface area contributed by atoms with Crippen LogP contribution in [0, 0.1) is 0 Å². The van der Waals surface area contributed by atoms with Crippen LogP contribution in [0.25, 0.3) is 5.70 Å². The Morgan fingerprint density at radius 2 is 1.47 bits per heavy atom. The lowest BCUT2D eigenvalue weighted by atomic mass is 9.83. The molecule has 1 aliphatic heterocycles. The van der Waals surface area contributed by atoms with Gasteiger partial charge in [0.05, 0.1) is 5.60 Å². The van der Waals surface area contributed by atoms with Crippen LogP contribution in [0.2, 0.25) is 18.1 Å². The summed E-state index contributed by atoms with van der Waals surface area (Å²) in [4.78, 5) is 9.12. The lowest BCUT2D eigenvalue weighted by Crippen LogP contribution is -2.61. The summed E-state index contributed by atoms with van der Waals surface area (Å²) in [5.41, 5.74) is 4.14. The third-order valence-corrected chi connectivity index (χ3v) is 12.2. The largest absolute Gasteiger partial charge is 0.347 e. The summed E-state index contributed by atoms with van der Waals surface area (Å²) in [5.74, 6) is 0.133. The minimum absolute atomic E-state index is 0.0193. The smallest absolute Gasteiger partial charge is 0.223 e. The fourth-order valence-corrected chi connectivity index (χ4v) is 5.67. The minimum Gasteiger partial charge on any atom is -0.347 e. The van der Waals surface area contributed by atoms with Crippen molar-refractivity contribution < 1.29 is 9.36 Å². The molecule has 1 fully saturated rings. The molecule has 1 aliphatic rings. The van der Waals surface area contributed by atoms with Crippen molar-refractivity contribution in [3.05, 3.63) is 114 Å². The van der Waals surface area contributed by atoms with E-state index in [9.17, 15) is 0 Å². The lowest BCUT2D eigenvalue weighted by molar-refractivity contribution is -0.426. The molecule has 38 heavy (non-hydrogen) atoms. The van der Waals surface area contributed by atoms with E-state index in [1.54, 1.807) is 0 Å². The van der Waals surface area contributed by atoms with E-state index in [0.29, 0.717) is 6.54 Å². The van der Waals surface area contributed by atoms with Crippen LogP contribution in [0.5, 0.6) is 0 Å². The van der Waals surface area contributed by atoms with E-state index in [1.807, 2.05) is 11.3 Å². The average molecular weight is 529 g/mol. The molecule has 1 saturated heterocycles. The molecule has 2 atom stereocenters. The van der Waals surface area contributed by atoms with E-state index in [4.69, 9.17) is 9.36 Å². The normalized spacial score (nSPS) is 20.2. The molecule has 3 aromatic carbocycles. The van der Waals surface area contributed by atoms with Crippen LogP contribution < -0.4 is 0 Å². The average Bonchev–Trinajstić information content (AvgIpc) is 2.87. The van der Waals surface area contributed by atoms with E-state index < -0.39 is 13.9 Å². The predicted molar refractivity (Wildman–Crippen MR) is 160 cm³/mol. The molecule has 1 heterocycles. The zero-order valence-electron chi connectivity index (χ0n) is 24.1. The molecule has 0 amide bonds. The van der Waals surface area contributed by atoms with Gasteiger partial charge in [0, 0.05) is 18.2 Å². The summed E-state index contributed by atoms with van der Waals surface area (Å²) in [6, 6.07) is 31.8. The number of hydroxylamine groups is 2. The van der Waals surface area contributed by atoms with Gasteiger partial charge in [-0.25, -0.2) is 0 Å². The molecule has 0 N–H and O–H groups in total. The molecule has 0 aliphatic carbocycles. The first kappa shape index (κ1) is 28.3. The molecule has 0 spiro atoms. The van der Waals surface area contributed by atoms with Crippen LogP contribution in [0.1, 0.15) is 63.6 Å². The Hall–Kier alpha value is -2.70. The summed E-state index contributed by atoms with van der Waals surface area (Å²) in [6.45, 7) is 21.0. The van der Waals surface area contributed by atoms with Gasteiger partial charge in [-0.3, -0.25) is 4.84 Å². The minimum atomic E-state index is -2.23. The van der Waals surface area contributed by atoms with Crippen molar-refractivity contribution in [3.8, 4) is 0 Å². The van der Waals surface area contributed by atoms with Crippen molar-refractivity contribution in [3.63, 3.8) is 0 Å². The van der Waals surface area contributed by atoms with Crippen LogP contribution in [0.15, 0.2) is 97.6 Å². The second-order valence-electron chi connectivity index (χ2n) is 12.5. The highest BCUT2D eigenvalue weighted by Gasteiger charge is 2.50. The molecule has 5 heteroatoms. The first-order valence-corrected chi connectivity index (χ1v) is 16.6. The number of hydrogen-bond donors (Lipinski definition) is 0. The molecule has 0 saturated carbocycles. The molecule has 0 aromatic heterocycles. The highest BCUT2D eigenvalue weighted by Crippen LogP contribution is 2.46. The van der Waals surface area contributed by atoms with Gasteiger partial charge in [0.2, 0.25) is 8.32 Å². The molecular formula is C33H44N2O2Si. The SMILES string of the molecule is C=C(c1ccccc1)N(Cc1ccccc1)[C@H]1[C@H](c2ccccc2)CC(C)(C)ON1O[Si](C)(C)C(C)(C)C. The maximum absolute atomic E-state index is 7.02. The Kier molecular flexibility index (Phi) is 8.34. The van der Waals surface area contributed by atoms with E-state index in [0.717, 1.165) is 17.7 Å². The van der Waals surface area contributed by atoms with Crippen molar-refractivity contribution in [2.24, 2.45) is 0 Å². The predicted octanol–water partition coefficient (Wildman–Crippen LogP) is 8.62. The van der Waals surface area contributed by atoms with E-state index in [2.05, 4.69) is 144 Å². The van der Waals surface area contributed by atoms with E-state index in [1.165, 1.54) is 11.1 Å². The Morgan fingerprint density at radius 3 is 2.03 bits per heavy atom. The van der Waals surface area contributed by atoms with Gasteiger partial charge in [-0.05, 0) is 55.1 Å². The molecule has 4 nitrogen and oxygen atoms in total. The second-order valence-corrected chi connectivity index (χ2v) is 17.3. The summed E-state index contributed by atoms with van der Waals surface area (Å²) >= 11 is 0. The summed E-state index contributed by atoms with van der Waals surface area (Å²) in [6.07, 6.45) is 0.638. The van der Waals surface area contributed by atoms with Gasteiger partial charge in [-0.1, -0.05) is 124 Å². The van der Waals surface area contributed by atoms with Gasteiger partial charge >= 0.3 is 0 Å². The second kappa shape index (κ2) is 11.2. The van der Waals surface area contributed by atoms with Gasteiger partial charge in [0.1, 0.15) is 6.17 Å². The monoisotopic (exact) mass is 528 g/mol. The third-order valence-electron chi connectivity index (χ3n) is 7.95. The molecule has 0 radical (unpaired) electrons. The van der Waals surface area contributed by atoms with Crippen molar-refractivity contribution in [2.45, 2.75) is 83.4 Å². The van der Waals surface area contributed by atoms with Gasteiger partial charge < -0.3 is 9.43 Å². The molecular weight excluding hydrogens is 484 g/mol. The number of benzene rings is 3. The van der Waals surface area contributed by atoms with Crippen molar-refractivity contribution >= 4 is 14.0 Å². The van der Waals surface area contributed by atoms with Crippen LogP contribution >= 0.6 is 0 Å². The van der Waals surface area contributed by atoms with Crippen molar-refractivity contribution in [1.29, 1.82) is 0 Å². The van der Waals surface area contributed by atoms with Crippen molar-refractivity contribution in [1.82, 2.24) is 10.1 Å². The zero-order valence-corrected chi connectivity index (χ0v) is 25.1. The van der Waals surface area contributed by atoms with Crippen molar-refractivity contribution in [2.75, 3.05) is 0 Å². The molecule has 202 valence electrons. The highest BCUT2D eigenvalue weighted by atomic mass is 28.4. The summed E-state index contributed by atoms with van der Waals surface area (Å²) < 4.78 is 7.02. The van der Waals surface area contributed by atoms with E-state index >= 15 is 0 Å². The Labute approximate surface area is 230 Å². The fourth-order valence-electron chi connectivity index (χ4n) is 4.80. The van der Waals surface area contributed by atoms with E-state index in [-0.39, 0.29) is 17.1 Å². The molecule has 0 unspecified atom stereocenters. The number of rotatable bonds is 8. The highest BCUT2D eigenvalue weighted by molar-refractivity contribution is 6.74.